The first kappa shape index (κ1) is 36.6. The molecule has 4 atom stereocenters. The van der Waals surface area contributed by atoms with Gasteiger partial charge in [0.25, 0.3) is 0 Å². The van der Waals surface area contributed by atoms with E-state index >= 15 is 0 Å². The third-order valence-corrected chi connectivity index (χ3v) is 7.56. The minimum absolute atomic E-state index is 0.370. The molecule has 2 aliphatic rings. The molecule has 0 spiro atoms. The average molecular weight is 621 g/mol. The van der Waals surface area contributed by atoms with E-state index in [2.05, 4.69) is 34.9 Å². The average Bonchev–Trinajstić information content (AvgIpc) is 3.02. The summed E-state index contributed by atoms with van der Waals surface area (Å²) in [5, 5.41) is 38.9. The Morgan fingerprint density at radius 3 is 1.25 bits per heavy atom. The molecule has 0 aliphatic carbocycles. The minimum atomic E-state index is -1.23. The Kier molecular flexibility index (Phi) is 15.2. The molecule has 0 bridgehead atoms. The smallest absolute Gasteiger partial charge is 0.332 e. The maximum atomic E-state index is 9.45. The van der Waals surface area contributed by atoms with Crippen LogP contribution in [0, 0.1) is 0 Å². The molecular weight excluding hydrogens is 572 g/mol. The summed E-state index contributed by atoms with van der Waals surface area (Å²) in [6, 6.07) is 9.34. The zero-order valence-electron chi connectivity index (χ0n) is 26.5. The Hall–Kier alpha value is -3.58. The number of rotatable bonds is 11. The van der Waals surface area contributed by atoms with Gasteiger partial charge in [-0.3, -0.25) is 0 Å². The number of carboxylic acid groups (broad SMARTS) is 2. The lowest BCUT2D eigenvalue weighted by Gasteiger charge is -2.30. The fraction of sp³-hybridized carbons (Fsp3) is 0.562. The van der Waals surface area contributed by atoms with Crippen molar-refractivity contribution in [1.82, 2.24) is 10.6 Å². The van der Waals surface area contributed by atoms with Gasteiger partial charge in [-0.2, -0.15) is 0 Å². The molecule has 44 heavy (non-hydrogen) atoms. The van der Waals surface area contributed by atoms with Gasteiger partial charge in [0, 0.05) is 12.1 Å². The highest BCUT2D eigenvalue weighted by atomic mass is 16.5. The molecule has 0 radical (unpaired) electrons. The number of carboxylic acids is 2. The third kappa shape index (κ3) is 10.5. The number of hydrogen-bond acceptors (Lipinski definition) is 10. The first-order chi connectivity index (χ1) is 21.0. The summed E-state index contributed by atoms with van der Waals surface area (Å²) in [7, 11) is 6.81. The van der Waals surface area contributed by atoms with Crippen LogP contribution in [0.5, 0.6) is 23.0 Å². The Morgan fingerprint density at radius 2 is 0.977 bits per heavy atom. The number of nitrogens with one attached hydrogen (secondary N) is 2. The van der Waals surface area contributed by atoms with Crippen molar-refractivity contribution < 1.29 is 49.0 Å². The van der Waals surface area contributed by atoms with E-state index in [0.717, 1.165) is 61.8 Å². The van der Waals surface area contributed by atoms with Crippen molar-refractivity contribution in [3.8, 4) is 23.0 Å². The highest BCUT2D eigenvalue weighted by Crippen LogP contribution is 2.38. The van der Waals surface area contributed by atoms with E-state index in [-0.39, 0.29) is 0 Å². The molecule has 2 aliphatic heterocycles. The first-order valence-electron chi connectivity index (χ1n) is 14.7. The summed E-state index contributed by atoms with van der Waals surface area (Å²) in [4.78, 5) is 18.9. The van der Waals surface area contributed by atoms with Crippen molar-refractivity contribution >= 4 is 11.9 Å². The van der Waals surface area contributed by atoms with Crippen molar-refractivity contribution in [2.45, 2.75) is 76.7 Å². The van der Waals surface area contributed by atoms with Crippen LogP contribution in [0.4, 0.5) is 0 Å². The van der Waals surface area contributed by atoms with E-state index in [1.807, 2.05) is 0 Å². The molecule has 2 aromatic rings. The molecular formula is C32H48N2O10. The van der Waals surface area contributed by atoms with Crippen LogP contribution in [0.2, 0.25) is 0 Å². The third-order valence-electron chi connectivity index (χ3n) is 7.56. The number of benzene rings is 2. The highest BCUT2D eigenvalue weighted by molar-refractivity contribution is 5.71. The van der Waals surface area contributed by atoms with Crippen LogP contribution in [-0.4, -0.2) is 86.1 Å². The van der Waals surface area contributed by atoms with E-state index in [9.17, 15) is 9.59 Å². The number of aliphatic carboxylic acids is 2. The summed E-state index contributed by atoms with van der Waals surface area (Å²) in [6.07, 6.45) is 4.18. The molecule has 0 fully saturated rings. The van der Waals surface area contributed by atoms with Gasteiger partial charge < -0.3 is 50.0 Å². The number of ether oxygens (including phenoxy) is 4. The molecule has 2 aromatic carbocycles. The molecule has 0 amide bonds. The van der Waals surface area contributed by atoms with Crippen LogP contribution in [0.25, 0.3) is 0 Å². The SMILES string of the molecule is CC(O)C(=O)O.CC(O)C(=O)O.COc1cc2c(cc1OC)[C@H](CCCC[C@H]1NCCc3cc(OC)c(OC)cc31)NCC2. The van der Waals surface area contributed by atoms with Gasteiger partial charge in [0.05, 0.1) is 28.4 Å². The molecule has 6 N–H and O–H groups in total. The van der Waals surface area contributed by atoms with E-state index in [0.29, 0.717) is 12.1 Å². The van der Waals surface area contributed by atoms with Gasteiger partial charge in [-0.15, -0.1) is 0 Å². The van der Waals surface area contributed by atoms with Crippen LogP contribution < -0.4 is 29.6 Å². The maximum absolute atomic E-state index is 9.45. The van der Waals surface area contributed by atoms with Crippen molar-refractivity contribution in [3.63, 3.8) is 0 Å². The highest BCUT2D eigenvalue weighted by Gasteiger charge is 2.24. The lowest BCUT2D eigenvalue weighted by molar-refractivity contribution is -0.146. The molecule has 12 heteroatoms. The number of aliphatic hydroxyl groups is 2. The van der Waals surface area contributed by atoms with E-state index in [1.54, 1.807) is 28.4 Å². The van der Waals surface area contributed by atoms with Gasteiger partial charge in [-0.05, 0) is 99.1 Å². The van der Waals surface area contributed by atoms with Crippen LogP contribution in [-0.2, 0) is 22.4 Å². The Balaban J connectivity index is 0.000000477. The van der Waals surface area contributed by atoms with E-state index in [4.69, 9.17) is 39.4 Å². The Bertz CT molecular complexity index is 1120. The largest absolute Gasteiger partial charge is 0.493 e. The lowest BCUT2D eigenvalue weighted by Crippen LogP contribution is -2.30. The van der Waals surface area contributed by atoms with Crippen LogP contribution >= 0.6 is 0 Å². The fourth-order valence-electron chi connectivity index (χ4n) is 5.15. The van der Waals surface area contributed by atoms with Crippen molar-refractivity contribution in [2.24, 2.45) is 0 Å². The number of carbonyl (C=O) groups is 2. The fourth-order valence-corrected chi connectivity index (χ4v) is 5.15. The molecule has 12 nitrogen and oxygen atoms in total. The van der Waals surface area contributed by atoms with E-state index < -0.39 is 24.1 Å². The van der Waals surface area contributed by atoms with Crippen molar-refractivity contribution in [1.29, 1.82) is 0 Å². The molecule has 2 unspecified atom stereocenters. The second-order valence-electron chi connectivity index (χ2n) is 10.6. The number of aliphatic hydroxyl groups excluding tert-OH is 2. The summed E-state index contributed by atoms with van der Waals surface area (Å²) >= 11 is 0. The quantitative estimate of drug-likeness (QED) is 0.203. The second kappa shape index (κ2) is 18.3. The molecule has 246 valence electrons. The molecule has 0 saturated carbocycles. The number of unbranched alkanes of at least 4 members (excludes halogenated alkanes) is 1. The summed E-state index contributed by atoms with van der Waals surface area (Å²) in [6.45, 7) is 4.41. The summed E-state index contributed by atoms with van der Waals surface area (Å²) in [5.41, 5.74) is 5.45. The van der Waals surface area contributed by atoms with Crippen LogP contribution in [0.15, 0.2) is 24.3 Å². The molecule has 4 rings (SSSR count). The number of methoxy groups -OCH3 is 4. The Morgan fingerprint density at radius 1 is 0.682 bits per heavy atom. The zero-order valence-corrected chi connectivity index (χ0v) is 26.5. The summed E-state index contributed by atoms with van der Waals surface area (Å²) < 4.78 is 22.1. The van der Waals surface area contributed by atoms with Gasteiger partial charge in [0.1, 0.15) is 12.2 Å². The monoisotopic (exact) mass is 620 g/mol. The second-order valence-corrected chi connectivity index (χ2v) is 10.6. The van der Waals surface area contributed by atoms with Gasteiger partial charge in [0.15, 0.2) is 23.0 Å². The molecule has 0 aromatic heterocycles. The predicted molar refractivity (Wildman–Crippen MR) is 165 cm³/mol. The number of fused-ring (bicyclic) bond motifs is 2. The van der Waals surface area contributed by atoms with Gasteiger partial charge in [-0.25, -0.2) is 9.59 Å². The topological polar surface area (TPSA) is 176 Å². The van der Waals surface area contributed by atoms with Gasteiger partial charge in [-0.1, -0.05) is 12.8 Å². The summed E-state index contributed by atoms with van der Waals surface area (Å²) in [5.74, 6) is 0.895. The first-order valence-corrected chi connectivity index (χ1v) is 14.7. The van der Waals surface area contributed by atoms with Gasteiger partial charge >= 0.3 is 11.9 Å². The van der Waals surface area contributed by atoms with Crippen molar-refractivity contribution in [2.75, 3.05) is 41.5 Å². The minimum Gasteiger partial charge on any atom is -0.493 e. The zero-order chi connectivity index (χ0) is 32.8. The normalized spacial score (nSPS) is 18.0. The van der Waals surface area contributed by atoms with Crippen molar-refractivity contribution in [3.05, 3.63) is 46.5 Å². The Labute approximate surface area is 259 Å². The van der Waals surface area contributed by atoms with Crippen LogP contribution in [0.3, 0.4) is 0 Å². The predicted octanol–water partition coefficient (Wildman–Crippen LogP) is 3.26. The standard InChI is InChI=1S/C26H36N2O4.2C3H6O3/c1-29-23-13-17-9-11-27-21(19(17)15-25(23)31-3)7-5-6-8-22-20-16-26(32-4)24(30-2)14-18(20)10-12-28-22;2*1-2(4)3(5)6/h13-16,21-22,27-28H,5-12H2,1-4H3;2*2,4H,1H3,(H,5,6)/t21-,22+;;. The maximum Gasteiger partial charge on any atom is 0.332 e. The number of hydrogen-bond donors (Lipinski definition) is 6. The lowest BCUT2D eigenvalue weighted by atomic mass is 9.88. The molecule has 0 saturated heterocycles. The van der Waals surface area contributed by atoms with Gasteiger partial charge in [0.2, 0.25) is 0 Å². The molecule has 2 heterocycles. The van der Waals surface area contributed by atoms with Crippen LogP contribution in [0.1, 0.15) is 73.9 Å². The van der Waals surface area contributed by atoms with E-state index in [1.165, 1.54) is 48.9 Å².